The van der Waals surface area contributed by atoms with Gasteiger partial charge in [0.25, 0.3) is 0 Å². The van der Waals surface area contributed by atoms with E-state index in [1.807, 2.05) is 12.1 Å². The zero-order chi connectivity index (χ0) is 11.8. The Kier molecular flexibility index (Phi) is 2.80. The van der Waals surface area contributed by atoms with Crippen molar-refractivity contribution >= 4 is 11.4 Å². The van der Waals surface area contributed by atoms with Crippen LogP contribution in [0, 0.1) is 6.92 Å². The fourth-order valence-corrected chi connectivity index (χ4v) is 2.32. The summed E-state index contributed by atoms with van der Waals surface area (Å²) in [5, 5.41) is 0. The smallest absolute Gasteiger partial charge is 0.0694 e. The van der Waals surface area contributed by atoms with Crippen molar-refractivity contribution < 1.29 is 4.74 Å². The molecule has 2 rings (SSSR count). The van der Waals surface area contributed by atoms with E-state index in [0.717, 1.165) is 31.1 Å². The lowest BCUT2D eigenvalue weighted by atomic mass is 9.99. The van der Waals surface area contributed by atoms with E-state index < -0.39 is 0 Å². The molecule has 0 amide bonds. The van der Waals surface area contributed by atoms with Crippen LogP contribution in [0.15, 0.2) is 18.2 Å². The Morgan fingerprint density at radius 3 is 2.75 bits per heavy atom. The largest absolute Gasteiger partial charge is 0.397 e. The van der Waals surface area contributed by atoms with Crippen LogP contribution in [-0.4, -0.2) is 25.3 Å². The average molecular weight is 220 g/mol. The molecule has 0 spiro atoms. The van der Waals surface area contributed by atoms with Crippen molar-refractivity contribution in [2.75, 3.05) is 30.4 Å². The minimum atomic E-state index is 0.0124. The molecule has 1 fully saturated rings. The third kappa shape index (κ3) is 1.87. The number of aryl methyl sites for hydroxylation is 1. The summed E-state index contributed by atoms with van der Waals surface area (Å²) >= 11 is 0. The first kappa shape index (κ1) is 11.3. The second-order valence-electron chi connectivity index (χ2n) is 5.03. The van der Waals surface area contributed by atoms with E-state index in [9.17, 15) is 0 Å². The second kappa shape index (κ2) is 3.98. The molecule has 0 saturated carbocycles. The SMILES string of the molecule is Cc1cccc(N)c1N1CCOCC1(C)C. The number of nitrogens with two attached hydrogens (primary N) is 1. The van der Waals surface area contributed by atoms with Crippen LogP contribution in [0.5, 0.6) is 0 Å². The van der Waals surface area contributed by atoms with E-state index in [2.05, 4.69) is 31.7 Å². The summed E-state index contributed by atoms with van der Waals surface area (Å²) in [5.41, 5.74) is 9.35. The number of benzene rings is 1. The predicted molar refractivity (Wildman–Crippen MR) is 67.8 cm³/mol. The Labute approximate surface area is 97.2 Å². The molecule has 0 atom stereocenters. The molecule has 0 aliphatic carbocycles. The molecule has 1 aliphatic rings. The van der Waals surface area contributed by atoms with Crippen LogP contribution >= 0.6 is 0 Å². The van der Waals surface area contributed by atoms with E-state index in [-0.39, 0.29) is 5.54 Å². The van der Waals surface area contributed by atoms with Gasteiger partial charge in [-0.05, 0) is 32.4 Å². The minimum Gasteiger partial charge on any atom is -0.397 e. The van der Waals surface area contributed by atoms with Crippen molar-refractivity contribution in [1.82, 2.24) is 0 Å². The van der Waals surface area contributed by atoms with E-state index in [1.54, 1.807) is 0 Å². The second-order valence-corrected chi connectivity index (χ2v) is 5.03. The topological polar surface area (TPSA) is 38.5 Å². The standard InChI is InChI=1S/C13H20N2O/c1-10-5-4-6-11(14)12(10)15-7-8-16-9-13(15,2)3/h4-6H,7-9,14H2,1-3H3. The van der Waals surface area contributed by atoms with Gasteiger partial charge in [-0.2, -0.15) is 0 Å². The van der Waals surface area contributed by atoms with Crippen LogP contribution in [0.2, 0.25) is 0 Å². The molecule has 1 heterocycles. The monoisotopic (exact) mass is 220 g/mol. The predicted octanol–water partition coefficient (Wildman–Crippen LogP) is 2.19. The lowest BCUT2D eigenvalue weighted by molar-refractivity contribution is 0.0644. The summed E-state index contributed by atoms with van der Waals surface area (Å²) in [6.07, 6.45) is 0. The van der Waals surface area contributed by atoms with Crippen molar-refractivity contribution in [2.45, 2.75) is 26.3 Å². The van der Waals surface area contributed by atoms with Gasteiger partial charge in [-0.25, -0.2) is 0 Å². The number of rotatable bonds is 1. The zero-order valence-electron chi connectivity index (χ0n) is 10.3. The maximum atomic E-state index is 6.09. The fraction of sp³-hybridized carbons (Fsp3) is 0.538. The highest BCUT2D eigenvalue weighted by Crippen LogP contribution is 2.34. The lowest BCUT2D eigenvalue weighted by Crippen LogP contribution is -2.53. The summed E-state index contributed by atoms with van der Waals surface area (Å²) in [4.78, 5) is 2.36. The van der Waals surface area contributed by atoms with Gasteiger partial charge in [-0.1, -0.05) is 12.1 Å². The van der Waals surface area contributed by atoms with Crippen LogP contribution in [0.3, 0.4) is 0 Å². The summed E-state index contributed by atoms with van der Waals surface area (Å²) in [5.74, 6) is 0. The van der Waals surface area contributed by atoms with Gasteiger partial charge in [-0.3, -0.25) is 0 Å². The van der Waals surface area contributed by atoms with Crippen LogP contribution in [0.4, 0.5) is 11.4 Å². The highest BCUT2D eigenvalue weighted by Gasteiger charge is 2.32. The molecule has 1 aliphatic heterocycles. The molecule has 1 saturated heterocycles. The molecule has 3 heteroatoms. The van der Waals surface area contributed by atoms with Crippen molar-refractivity contribution in [1.29, 1.82) is 0 Å². The van der Waals surface area contributed by atoms with Gasteiger partial charge >= 0.3 is 0 Å². The van der Waals surface area contributed by atoms with Gasteiger partial charge in [0.1, 0.15) is 0 Å². The molecule has 0 bridgehead atoms. The van der Waals surface area contributed by atoms with Crippen molar-refractivity contribution in [2.24, 2.45) is 0 Å². The highest BCUT2D eigenvalue weighted by molar-refractivity contribution is 5.72. The number of morpholine rings is 1. The molecule has 0 unspecified atom stereocenters. The average Bonchev–Trinajstić information content (AvgIpc) is 2.19. The minimum absolute atomic E-state index is 0.0124. The van der Waals surface area contributed by atoms with E-state index in [0.29, 0.717) is 0 Å². The van der Waals surface area contributed by atoms with Gasteiger partial charge in [-0.15, -0.1) is 0 Å². The molecule has 2 N–H and O–H groups in total. The van der Waals surface area contributed by atoms with Gasteiger partial charge in [0.15, 0.2) is 0 Å². The van der Waals surface area contributed by atoms with E-state index in [1.165, 1.54) is 5.56 Å². The molecule has 1 aromatic carbocycles. The van der Waals surface area contributed by atoms with Crippen LogP contribution < -0.4 is 10.6 Å². The van der Waals surface area contributed by atoms with E-state index >= 15 is 0 Å². The number of hydrogen-bond donors (Lipinski definition) is 1. The summed E-state index contributed by atoms with van der Waals surface area (Å²) in [6.45, 7) is 8.92. The number of anilines is 2. The first-order valence-electron chi connectivity index (χ1n) is 5.73. The van der Waals surface area contributed by atoms with Crippen LogP contribution in [0.1, 0.15) is 19.4 Å². The highest BCUT2D eigenvalue weighted by atomic mass is 16.5. The Bertz CT molecular complexity index is 367. The van der Waals surface area contributed by atoms with E-state index in [4.69, 9.17) is 10.5 Å². The third-order valence-corrected chi connectivity index (χ3v) is 3.18. The first-order chi connectivity index (χ1) is 7.52. The zero-order valence-corrected chi connectivity index (χ0v) is 10.3. The number of para-hydroxylation sites is 1. The quantitative estimate of drug-likeness (QED) is 0.737. The number of hydrogen-bond acceptors (Lipinski definition) is 3. The Hall–Kier alpha value is -1.22. The van der Waals surface area contributed by atoms with Gasteiger partial charge < -0.3 is 15.4 Å². The maximum absolute atomic E-state index is 6.09. The number of nitrogens with zero attached hydrogens (tertiary/aromatic N) is 1. The maximum Gasteiger partial charge on any atom is 0.0694 e. The summed E-state index contributed by atoms with van der Waals surface area (Å²) in [6, 6.07) is 6.08. The molecule has 16 heavy (non-hydrogen) atoms. The van der Waals surface area contributed by atoms with Gasteiger partial charge in [0.05, 0.1) is 30.1 Å². The summed E-state index contributed by atoms with van der Waals surface area (Å²) < 4.78 is 5.53. The Morgan fingerprint density at radius 2 is 2.12 bits per heavy atom. The molecular formula is C13H20N2O. The van der Waals surface area contributed by atoms with Gasteiger partial charge in [0, 0.05) is 6.54 Å². The normalized spacial score (nSPS) is 19.8. The van der Waals surface area contributed by atoms with Crippen LogP contribution in [0.25, 0.3) is 0 Å². The summed E-state index contributed by atoms with van der Waals surface area (Å²) in [7, 11) is 0. The van der Waals surface area contributed by atoms with Crippen LogP contribution in [-0.2, 0) is 4.74 Å². The van der Waals surface area contributed by atoms with Gasteiger partial charge in [0.2, 0.25) is 0 Å². The number of nitrogen functional groups attached to an aromatic ring is 1. The third-order valence-electron chi connectivity index (χ3n) is 3.18. The van der Waals surface area contributed by atoms with Crippen molar-refractivity contribution in [3.05, 3.63) is 23.8 Å². The molecule has 1 aromatic rings. The number of ether oxygens (including phenoxy) is 1. The van der Waals surface area contributed by atoms with Crippen molar-refractivity contribution in [3.63, 3.8) is 0 Å². The molecule has 0 radical (unpaired) electrons. The fourth-order valence-electron chi connectivity index (χ4n) is 2.32. The Balaban J connectivity index is 2.42. The Morgan fingerprint density at radius 1 is 1.38 bits per heavy atom. The molecule has 88 valence electrons. The van der Waals surface area contributed by atoms with Crippen molar-refractivity contribution in [3.8, 4) is 0 Å². The first-order valence-corrected chi connectivity index (χ1v) is 5.73. The molecular weight excluding hydrogens is 200 g/mol. The lowest BCUT2D eigenvalue weighted by Gasteiger charge is -2.44. The molecule has 0 aromatic heterocycles. The molecule has 3 nitrogen and oxygen atoms in total.